The van der Waals surface area contributed by atoms with Crippen molar-refractivity contribution in [3.8, 4) is 23.5 Å². The van der Waals surface area contributed by atoms with Gasteiger partial charge >= 0.3 is 24.0 Å². The van der Waals surface area contributed by atoms with Gasteiger partial charge in [-0.2, -0.15) is 0 Å². The van der Waals surface area contributed by atoms with Gasteiger partial charge in [-0.15, -0.1) is 0 Å². The van der Waals surface area contributed by atoms with Crippen molar-refractivity contribution in [1.29, 1.82) is 0 Å². The molecule has 222 valence electrons. The maximum absolute atomic E-state index is 12.5. The van der Waals surface area contributed by atoms with E-state index in [4.69, 9.17) is 30.4 Å². The van der Waals surface area contributed by atoms with E-state index in [-0.39, 0.29) is 24.9 Å². The van der Waals surface area contributed by atoms with E-state index >= 15 is 0 Å². The predicted molar refractivity (Wildman–Crippen MR) is 156 cm³/mol. The summed E-state index contributed by atoms with van der Waals surface area (Å²) < 4.78 is 21.7. The summed E-state index contributed by atoms with van der Waals surface area (Å²) in [4.78, 5) is 47.4. The standard InChI is InChI=1S/C30H26N8O6/c31-25(11-17-15-37-23-5-3-19(13-21(17)23)41-29-33-7-1-8-34-29)43-27(39)28(40)44-26(32)12-18-16-38-24-6-4-20(14-22(18)24)42-30-35-9-2-10-36-30/h1-10,13-16,25-26,37-38H,11-12,31-32H2. The van der Waals surface area contributed by atoms with Crippen molar-refractivity contribution in [3.63, 3.8) is 0 Å². The molecule has 4 heterocycles. The first kappa shape index (κ1) is 28.3. The Bertz CT molecular complexity index is 1770. The third kappa shape index (κ3) is 6.61. The van der Waals surface area contributed by atoms with Gasteiger partial charge in [0, 0.05) is 71.8 Å². The van der Waals surface area contributed by atoms with Crippen molar-refractivity contribution in [1.82, 2.24) is 29.9 Å². The lowest BCUT2D eigenvalue weighted by Crippen LogP contribution is -2.37. The van der Waals surface area contributed by atoms with E-state index in [2.05, 4.69) is 29.9 Å². The van der Waals surface area contributed by atoms with Gasteiger partial charge in [0.2, 0.25) is 0 Å². The van der Waals surface area contributed by atoms with Crippen LogP contribution in [0.2, 0.25) is 0 Å². The summed E-state index contributed by atoms with van der Waals surface area (Å²) in [5.74, 6) is -1.49. The Morgan fingerprint density at radius 2 is 1.07 bits per heavy atom. The molecule has 0 aliphatic carbocycles. The van der Waals surface area contributed by atoms with Crippen LogP contribution in [-0.4, -0.2) is 54.3 Å². The van der Waals surface area contributed by atoms with E-state index in [1.807, 2.05) is 12.1 Å². The Morgan fingerprint density at radius 3 is 1.48 bits per heavy atom. The number of hydrogen-bond acceptors (Lipinski definition) is 12. The fourth-order valence-corrected chi connectivity index (χ4v) is 4.55. The number of ether oxygens (including phenoxy) is 4. The number of aromatic amines is 2. The summed E-state index contributed by atoms with van der Waals surface area (Å²) in [5, 5.41) is 1.58. The lowest BCUT2D eigenvalue weighted by molar-refractivity contribution is -0.173. The zero-order valence-electron chi connectivity index (χ0n) is 23.0. The van der Waals surface area contributed by atoms with Crippen molar-refractivity contribution in [3.05, 3.63) is 96.8 Å². The molecule has 0 radical (unpaired) electrons. The molecule has 6 aromatic rings. The normalized spacial score (nSPS) is 12.5. The van der Waals surface area contributed by atoms with Crippen molar-refractivity contribution in [2.45, 2.75) is 25.3 Å². The summed E-state index contributed by atoms with van der Waals surface area (Å²) in [7, 11) is 0. The minimum absolute atomic E-state index is 0.115. The number of H-pyrrole nitrogens is 2. The molecule has 0 aliphatic heterocycles. The number of hydrogen-bond donors (Lipinski definition) is 4. The largest absolute Gasteiger partial charge is 0.438 e. The molecule has 14 nitrogen and oxygen atoms in total. The smallest absolute Gasteiger partial charge is 0.419 e. The molecule has 6 rings (SSSR count). The van der Waals surface area contributed by atoms with Gasteiger partial charge in [-0.1, -0.05) is 0 Å². The average Bonchev–Trinajstić information content (AvgIpc) is 3.61. The molecule has 44 heavy (non-hydrogen) atoms. The summed E-state index contributed by atoms with van der Waals surface area (Å²) in [6.45, 7) is 0. The van der Waals surface area contributed by atoms with Crippen LogP contribution in [-0.2, 0) is 31.9 Å². The first-order chi connectivity index (χ1) is 21.4. The van der Waals surface area contributed by atoms with Crippen molar-refractivity contribution in [2.75, 3.05) is 0 Å². The van der Waals surface area contributed by atoms with Gasteiger partial charge in [-0.05, 0) is 59.7 Å². The van der Waals surface area contributed by atoms with Crippen LogP contribution in [0, 0.1) is 0 Å². The van der Waals surface area contributed by atoms with E-state index < -0.39 is 24.4 Å². The first-order valence-corrected chi connectivity index (χ1v) is 13.4. The molecule has 2 aromatic carbocycles. The van der Waals surface area contributed by atoms with Crippen LogP contribution in [0.1, 0.15) is 11.1 Å². The van der Waals surface area contributed by atoms with E-state index in [1.165, 1.54) is 0 Å². The predicted octanol–water partition coefficient (Wildman–Crippen LogP) is 3.26. The van der Waals surface area contributed by atoms with Crippen molar-refractivity contribution >= 4 is 33.7 Å². The Labute approximate surface area is 249 Å². The maximum atomic E-state index is 12.5. The molecular formula is C30H26N8O6. The lowest BCUT2D eigenvalue weighted by atomic mass is 10.1. The SMILES string of the molecule is NC(Cc1c[nH]c2ccc(Oc3ncccn3)cc12)OC(=O)C(=O)OC(N)Cc1c[nH]c2ccc(Oc3ncccn3)cc12. The second kappa shape index (κ2) is 12.6. The van der Waals surface area contributed by atoms with Gasteiger partial charge in [0.1, 0.15) is 11.5 Å². The number of carbonyl (C=O) groups excluding carboxylic acids is 2. The number of rotatable bonds is 10. The molecule has 6 N–H and O–H groups in total. The Morgan fingerprint density at radius 1 is 0.659 bits per heavy atom. The number of fused-ring (bicyclic) bond motifs is 2. The molecule has 2 unspecified atom stereocenters. The lowest BCUT2D eigenvalue weighted by Gasteiger charge is -2.15. The molecule has 0 saturated heterocycles. The van der Waals surface area contributed by atoms with E-state index in [9.17, 15) is 9.59 Å². The Balaban J connectivity index is 1.04. The summed E-state index contributed by atoms with van der Waals surface area (Å²) in [6, 6.07) is 14.5. The number of esters is 2. The molecule has 0 saturated carbocycles. The van der Waals surface area contributed by atoms with E-state index in [0.717, 1.165) is 32.9 Å². The number of aromatic nitrogens is 6. The van der Waals surface area contributed by atoms with Crippen LogP contribution >= 0.6 is 0 Å². The van der Waals surface area contributed by atoms with Gasteiger partial charge in [0.15, 0.2) is 12.5 Å². The van der Waals surface area contributed by atoms with Crippen molar-refractivity contribution in [2.24, 2.45) is 11.5 Å². The van der Waals surface area contributed by atoms with Crippen LogP contribution in [0.25, 0.3) is 21.8 Å². The fraction of sp³-hybridized carbons (Fsp3) is 0.133. The summed E-state index contributed by atoms with van der Waals surface area (Å²) >= 11 is 0. The monoisotopic (exact) mass is 594 g/mol. The Kier molecular flexibility index (Phi) is 8.07. The van der Waals surface area contributed by atoms with Crippen LogP contribution in [0.15, 0.2) is 85.7 Å². The highest BCUT2D eigenvalue weighted by molar-refractivity contribution is 6.29. The van der Waals surface area contributed by atoms with Crippen LogP contribution in [0.5, 0.6) is 23.5 Å². The maximum Gasteiger partial charge on any atom is 0.419 e. The van der Waals surface area contributed by atoms with Gasteiger partial charge < -0.3 is 28.9 Å². The number of benzene rings is 2. The van der Waals surface area contributed by atoms with Gasteiger partial charge in [-0.25, -0.2) is 29.5 Å². The molecule has 0 amide bonds. The third-order valence-corrected chi connectivity index (χ3v) is 6.51. The highest BCUT2D eigenvalue weighted by atomic mass is 16.6. The molecular weight excluding hydrogens is 568 g/mol. The first-order valence-electron chi connectivity index (χ1n) is 13.4. The van der Waals surface area contributed by atoms with E-state index in [1.54, 1.807) is 73.6 Å². The van der Waals surface area contributed by atoms with Gasteiger partial charge in [-0.3, -0.25) is 11.5 Å². The van der Waals surface area contributed by atoms with E-state index in [0.29, 0.717) is 11.5 Å². The molecule has 2 atom stereocenters. The van der Waals surface area contributed by atoms with Crippen LogP contribution in [0.3, 0.4) is 0 Å². The second-order valence-electron chi connectivity index (χ2n) is 9.61. The number of carbonyl (C=O) groups is 2. The third-order valence-electron chi connectivity index (χ3n) is 6.51. The minimum Gasteiger partial charge on any atom is -0.438 e. The zero-order valence-corrected chi connectivity index (χ0v) is 23.0. The molecule has 4 aromatic heterocycles. The second-order valence-corrected chi connectivity index (χ2v) is 9.61. The molecule has 0 fully saturated rings. The zero-order chi connectivity index (χ0) is 30.5. The minimum atomic E-state index is -1.25. The van der Waals surface area contributed by atoms with Gasteiger partial charge in [0.05, 0.1) is 0 Å². The molecule has 0 aliphatic rings. The van der Waals surface area contributed by atoms with Crippen molar-refractivity contribution < 1.29 is 28.5 Å². The summed E-state index contributed by atoms with van der Waals surface area (Å²) in [5.41, 5.74) is 15.2. The highest BCUT2D eigenvalue weighted by Gasteiger charge is 2.24. The fourth-order valence-electron chi connectivity index (χ4n) is 4.55. The average molecular weight is 595 g/mol. The van der Waals surface area contributed by atoms with Crippen LogP contribution in [0.4, 0.5) is 0 Å². The van der Waals surface area contributed by atoms with Crippen LogP contribution < -0.4 is 20.9 Å². The topological polar surface area (TPSA) is 206 Å². The summed E-state index contributed by atoms with van der Waals surface area (Å²) in [6.07, 6.45) is 7.73. The quantitative estimate of drug-likeness (QED) is 0.102. The van der Waals surface area contributed by atoms with Gasteiger partial charge in [0.25, 0.3) is 0 Å². The Hall–Kier alpha value is -5.86. The number of nitrogens with two attached hydrogens (primary N) is 2. The molecule has 0 spiro atoms. The molecule has 14 heteroatoms. The molecule has 0 bridgehead atoms. The number of nitrogens with zero attached hydrogens (tertiary/aromatic N) is 4. The highest BCUT2D eigenvalue weighted by Crippen LogP contribution is 2.28. The number of nitrogens with one attached hydrogen (secondary N) is 2.